The highest BCUT2D eigenvalue weighted by molar-refractivity contribution is 5.69. The molecule has 22 heavy (non-hydrogen) atoms. The molecular weight excluding hydrogens is 286 g/mol. The van der Waals surface area contributed by atoms with E-state index < -0.39 is 4.92 Å². The molecule has 2 aromatic rings. The SMILES string of the molecule is O=C(CCc1ccc(O)cc1)OCc1ccc([N+](=O)[O-])cc1. The first-order valence-electron chi connectivity index (χ1n) is 6.71. The maximum absolute atomic E-state index is 11.7. The summed E-state index contributed by atoms with van der Waals surface area (Å²) in [6, 6.07) is 12.5. The number of phenolic OH excluding ortho intramolecular Hbond substituents is 1. The van der Waals surface area contributed by atoms with Crippen LogP contribution in [0.2, 0.25) is 0 Å². The highest BCUT2D eigenvalue weighted by atomic mass is 16.6. The second-order valence-corrected chi connectivity index (χ2v) is 4.75. The molecule has 6 nitrogen and oxygen atoms in total. The number of nitrogens with zero attached hydrogens (tertiary/aromatic N) is 1. The topological polar surface area (TPSA) is 89.7 Å². The molecule has 0 aliphatic carbocycles. The highest BCUT2D eigenvalue weighted by Crippen LogP contribution is 2.14. The van der Waals surface area contributed by atoms with E-state index in [-0.39, 0.29) is 30.4 Å². The molecule has 114 valence electrons. The standard InChI is InChI=1S/C16H15NO5/c18-15-8-3-12(4-9-15)5-10-16(19)22-11-13-1-6-14(7-2-13)17(20)21/h1-4,6-9,18H,5,10-11H2. The Morgan fingerprint density at radius 1 is 1.05 bits per heavy atom. The molecule has 0 amide bonds. The van der Waals surface area contributed by atoms with E-state index in [0.717, 1.165) is 5.56 Å². The molecule has 6 heteroatoms. The molecule has 0 aliphatic rings. The van der Waals surface area contributed by atoms with Crippen LogP contribution in [0.15, 0.2) is 48.5 Å². The Kier molecular flexibility index (Phi) is 5.08. The van der Waals surface area contributed by atoms with Crippen LogP contribution < -0.4 is 0 Å². The number of rotatable bonds is 6. The lowest BCUT2D eigenvalue weighted by molar-refractivity contribution is -0.384. The summed E-state index contributed by atoms with van der Waals surface area (Å²) in [5.41, 5.74) is 1.64. The van der Waals surface area contributed by atoms with Gasteiger partial charge in [-0.25, -0.2) is 0 Å². The summed E-state index contributed by atoms with van der Waals surface area (Å²) in [6.07, 6.45) is 0.761. The number of aromatic hydroxyl groups is 1. The maximum Gasteiger partial charge on any atom is 0.306 e. The average molecular weight is 301 g/mol. The van der Waals surface area contributed by atoms with Crippen LogP contribution in [-0.2, 0) is 22.6 Å². The van der Waals surface area contributed by atoms with E-state index in [9.17, 15) is 14.9 Å². The summed E-state index contributed by atoms with van der Waals surface area (Å²) in [5.74, 6) is -0.157. The molecule has 0 atom stereocenters. The maximum atomic E-state index is 11.7. The summed E-state index contributed by atoms with van der Waals surface area (Å²) in [5, 5.41) is 19.7. The summed E-state index contributed by atoms with van der Waals surface area (Å²) in [7, 11) is 0. The summed E-state index contributed by atoms with van der Waals surface area (Å²) in [6.45, 7) is 0.0897. The van der Waals surface area contributed by atoms with Crippen LogP contribution in [-0.4, -0.2) is 16.0 Å². The van der Waals surface area contributed by atoms with Crippen LogP contribution in [0.4, 0.5) is 5.69 Å². The Balaban J connectivity index is 1.77. The highest BCUT2D eigenvalue weighted by Gasteiger charge is 2.07. The molecule has 0 spiro atoms. The summed E-state index contributed by atoms with van der Waals surface area (Å²) >= 11 is 0. The van der Waals surface area contributed by atoms with Crippen molar-refractivity contribution in [2.24, 2.45) is 0 Å². The second-order valence-electron chi connectivity index (χ2n) is 4.75. The minimum Gasteiger partial charge on any atom is -0.508 e. The number of nitro benzene ring substituents is 1. The van der Waals surface area contributed by atoms with Gasteiger partial charge in [0, 0.05) is 18.6 Å². The zero-order valence-electron chi connectivity index (χ0n) is 11.8. The molecule has 0 unspecified atom stereocenters. The van der Waals surface area contributed by atoms with E-state index in [1.807, 2.05) is 0 Å². The van der Waals surface area contributed by atoms with Crippen molar-refractivity contribution in [3.05, 3.63) is 69.8 Å². The van der Waals surface area contributed by atoms with Crippen LogP contribution >= 0.6 is 0 Å². The number of non-ortho nitro benzene ring substituents is 1. The minimum atomic E-state index is -0.479. The van der Waals surface area contributed by atoms with Crippen molar-refractivity contribution in [3.8, 4) is 5.75 Å². The van der Waals surface area contributed by atoms with Gasteiger partial charge in [-0.15, -0.1) is 0 Å². The van der Waals surface area contributed by atoms with Crippen molar-refractivity contribution < 1.29 is 19.6 Å². The van der Waals surface area contributed by atoms with Crippen molar-refractivity contribution in [3.63, 3.8) is 0 Å². The molecule has 0 fully saturated rings. The predicted molar refractivity (Wildman–Crippen MR) is 79.3 cm³/mol. The molecule has 0 saturated heterocycles. The molecule has 0 radical (unpaired) electrons. The Morgan fingerprint density at radius 2 is 1.64 bits per heavy atom. The molecule has 0 aliphatic heterocycles. The van der Waals surface area contributed by atoms with Gasteiger partial charge >= 0.3 is 5.97 Å². The monoisotopic (exact) mass is 301 g/mol. The lowest BCUT2D eigenvalue weighted by Gasteiger charge is -2.05. The third kappa shape index (κ3) is 4.59. The van der Waals surface area contributed by atoms with Crippen molar-refractivity contribution >= 4 is 11.7 Å². The zero-order chi connectivity index (χ0) is 15.9. The fourth-order valence-electron chi connectivity index (χ4n) is 1.86. The normalized spacial score (nSPS) is 10.2. The molecule has 1 N–H and O–H groups in total. The minimum absolute atomic E-state index is 0.00223. The smallest absolute Gasteiger partial charge is 0.306 e. The quantitative estimate of drug-likeness (QED) is 0.503. The molecule has 2 aromatic carbocycles. The third-order valence-electron chi connectivity index (χ3n) is 3.10. The van der Waals surface area contributed by atoms with E-state index in [1.54, 1.807) is 36.4 Å². The molecule has 0 heterocycles. The van der Waals surface area contributed by atoms with E-state index in [0.29, 0.717) is 12.0 Å². The first-order chi connectivity index (χ1) is 10.5. The second kappa shape index (κ2) is 7.21. The van der Waals surface area contributed by atoms with Crippen LogP contribution in [0.25, 0.3) is 0 Å². The Morgan fingerprint density at radius 3 is 2.23 bits per heavy atom. The van der Waals surface area contributed by atoms with Crippen LogP contribution in [0.5, 0.6) is 5.75 Å². The number of esters is 1. The van der Waals surface area contributed by atoms with Crippen molar-refractivity contribution in [1.82, 2.24) is 0 Å². The lowest BCUT2D eigenvalue weighted by atomic mass is 10.1. The molecule has 0 bridgehead atoms. The zero-order valence-corrected chi connectivity index (χ0v) is 11.8. The first kappa shape index (κ1) is 15.5. The first-order valence-corrected chi connectivity index (χ1v) is 6.71. The number of carbonyl (C=O) groups excluding carboxylic acids is 1. The fraction of sp³-hybridized carbons (Fsp3) is 0.188. The Hall–Kier alpha value is -2.89. The van der Waals surface area contributed by atoms with Crippen molar-refractivity contribution in [1.29, 1.82) is 0 Å². The fourth-order valence-corrected chi connectivity index (χ4v) is 1.86. The lowest BCUT2D eigenvalue weighted by Crippen LogP contribution is -2.06. The van der Waals surface area contributed by atoms with E-state index in [2.05, 4.69) is 0 Å². The van der Waals surface area contributed by atoms with Gasteiger partial charge in [0.25, 0.3) is 5.69 Å². The van der Waals surface area contributed by atoms with Crippen molar-refractivity contribution in [2.45, 2.75) is 19.4 Å². The molecule has 2 rings (SSSR count). The molecule has 0 saturated carbocycles. The van der Waals surface area contributed by atoms with Crippen LogP contribution in [0, 0.1) is 10.1 Å². The van der Waals surface area contributed by atoms with Gasteiger partial charge < -0.3 is 9.84 Å². The van der Waals surface area contributed by atoms with Gasteiger partial charge in [0.15, 0.2) is 0 Å². The van der Waals surface area contributed by atoms with E-state index >= 15 is 0 Å². The van der Waals surface area contributed by atoms with Crippen LogP contribution in [0.3, 0.4) is 0 Å². The molecule has 0 aromatic heterocycles. The van der Waals surface area contributed by atoms with Gasteiger partial charge in [-0.05, 0) is 41.8 Å². The Bertz CT molecular complexity index is 649. The summed E-state index contributed by atoms with van der Waals surface area (Å²) in [4.78, 5) is 21.7. The Labute approximate surface area is 127 Å². The number of hydrogen-bond donors (Lipinski definition) is 1. The van der Waals surface area contributed by atoms with Gasteiger partial charge in [-0.1, -0.05) is 12.1 Å². The number of hydrogen-bond acceptors (Lipinski definition) is 5. The summed E-state index contributed by atoms with van der Waals surface area (Å²) < 4.78 is 5.12. The van der Waals surface area contributed by atoms with Crippen LogP contribution in [0.1, 0.15) is 17.5 Å². The third-order valence-corrected chi connectivity index (χ3v) is 3.10. The van der Waals surface area contributed by atoms with Crippen molar-refractivity contribution in [2.75, 3.05) is 0 Å². The number of carbonyl (C=O) groups is 1. The van der Waals surface area contributed by atoms with E-state index in [1.165, 1.54) is 12.1 Å². The van der Waals surface area contributed by atoms with Gasteiger partial charge in [0.1, 0.15) is 12.4 Å². The van der Waals surface area contributed by atoms with Gasteiger partial charge in [0.05, 0.1) is 4.92 Å². The molecular formula is C16H15NO5. The number of ether oxygens (including phenoxy) is 1. The average Bonchev–Trinajstić information content (AvgIpc) is 2.52. The van der Waals surface area contributed by atoms with Gasteiger partial charge in [-0.2, -0.15) is 0 Å². The number of aryl methyl sites for hydroxylation is 1. The van der Waals surface area contributed by atoms with Gasteiger partial charge in [0.2, 0.25) is 0 Å². The van der Waals surface area contributed by atoms with Gasteiger partial charge in [-0.3, -0.25) is 14.9 Å². The van der Waals surface area contributed by atoms with E-state index in [4.69, 9.17) is 9.84 Å². The number of nitro groups is 1. The number of benzene rings is 2. The predicted octanol–water partition coefficient (Wildman–Crippen LogP) is 2.98. The largest absolute Gasteiger partial charge is 0.508 e. The number of phenols is 1.